The summed E-state index contributed by atoms with van der Waals surface area (Å²) in [6.07, 6.45) is -0.0961. The number of aliphatic hydroxyl groups excluding tert-OH is 1. The molecular formula is C12H23N3O5. The number of carboxylic acid groups (broad SMARTS) is 1. The number of amides is 3. The van der Waals surface area contributed by atoms with E-state index in [9.17, 15) is 14.4 Å². The molecule has 0 aromatic carbocycles. The summed E-state index contributed by atoms with van der Waals surface area (Å²) >= 11 is 0. The number of likely N-dealkylation sites (N-methyl/N-ethyl adjacent to an activating group) is 1. The quantitative estimate of drug-likeness (QED) is 0.475. The number of rotatable bonds is 8. The topological polar surface area (TPSA) is 119 Å². The molecule has 20 heavy (non-hydrogen) atoms. The minimum Gasteiger partial charge on any atom is -0.480 e. The average molecular weight is 289 g/mol. The molecule has 4 N–H and O–H groups in total. The molecule has 0 spiro atoms. The molecule has 0 aliphatic rings. The summed E-state index contributed by atoms with van der Waals surface area (Å²) in [5.41, 5.74) is 0. The van der Waals surface area contributed by atoms with Gasteiger partial charge in [-0.1, -0.05) is 0 Å². The molecule has 0 rings (SSSR count). The van der Waals surface area contributed by atoms with E-state index < -0.39 is 24.1 Å². The normalized spacial score (nSPS) is 13.2. The summed E-state index contributed by atoms with van der Waals surface area (Å²) in [4.78, 5) is 35.9. The molecule has 0 aromatic heterocycles. The van der Waals surface area contributed by atoms with Gasteiger partial charge in [0, 0.05) is 26.1 Å². The van der Waals surface area contributed by atoms with E-state index in [0.29, 0.717) is 13.1 Å². The van der Waals surface area contributed by atoms with E-state index in [1.165, 1.54) is 6.92 Å². The summed E-state index contributed by atoms with van der Waals surface area (Å²) in [6, 6.07) is -2.69. The van der Waals surface area contributed by atoms with E-state index >= 15 is 0 Å². The summed E-state index contributed by atoms with van der Waals surface area (Å²) in [6.45, 7) is 5.90. The van der Waals surface area contributed by atoms with Gasteiger partial charge in [0.1, 0.15) is 12.1 Å². The Labute approximate surface area is 118 Å². The highest BCUT2D eigenvalue weighted by atomic mass is 16.4. The molecule has 2 atom stereocenters. The Bertz CT molecular complexity index is 344. The van der Waals surface area contributed by atoms with E-state index in [4.69, 9.17) is 10.2 Å². The summed E-state index contributed by atoms with van der Waals surface area (Å²) in [5.74, 6) is -1.48. The zero-order chi connectivity index (χ0) is 15.7. The van der Waals surface area contributed by atoms with Gasteiger partial charge in [-0.2, -0.15) is 0 Å². The number of carbonyl (C=O) groups is 3. The number of aliphatic carboxylic acids is 1. The first-order chi connectivity index (χ1) is 9.37. The highest BCUT2D eigenvalue weighted by molar-refractivity contribution is 5.88. The Morgan fingerprint density at radius 3 is 2.10 bits per heavy atom. The van der Waals surface area contributed by atoms with E-state index in [2.05, 4.69) is 10.6 Å². The van der Waals surface area contributed by atoms with Gasteiger partial charge in [0.2, 0.25) is 5.91 Å². The predicted molar refractivity (Wildman–Crippen MR) is 72.2 cm³/mol. The maximum absolute atomic E-state index is 11.9. The Morgan fingerprint density at radius 1 is 1.15 bits per heavy atom. The summed E-state index contributed by atoms with van der Waals surface area (Å²) < 4.78 is 0. The zero-order valence-corrected chi connectivity index (χ0v) is 12.0. The highest BCUT2D eigenvalue weighted by Gasteiger charge is 2.23. The van der Waals surface area contributed by atoms with Crippen molar-refractivity contribution in [3.8, 4) is 0 Å². The minimum atomic E-state index is -1.24. The average Bonchev–Trinajstić information content (AvgIpc) is 2.39. The van der Waals surface area contributed by atoms with Gasteiger partial charge in [-0.25, -0.2) is 9.59 Å². The number of carboxylic acids is 1. The van der Waals surface area contributed by atoms with Crippen LogP contribution in [0.1, 0.15) is 27.2 Å². The SMILES string of the molecule is CCN(CC)C(=O)C(C)NC(=O)N[C@@H](CCO)C(=O)O. The van der Waals surface area contributed by atoms with Crippen LogP contribution in [0.3, 0.4) is 0 Å². The number of aliphatic hydroxyl groups is 1. The fraction of sp³-hybridized carbons (Fsp3) is 0.750. The first kappa shape index (κ1) is 18.2. The second-order valence-electron chi connectivity index (χ2n) is 4.25. The molecule has 0 radical (unpaired) electrons. The lowest BCUT2D eigenvalue weighted by molar-refractivity contribution is -0.139. The number of nitrogens with one attached hydrogen (secondary N) is 2. The fourth-order valence-corrected chi connectivity index (χ4v) is 1.65. The van der Waals surface area contributed by atoms with Crippen LogP contribution in [0.5, 0.6) is 0 Å². The Kier molecular flexibility index (Phi) is 8.30. The highest BCUT2D eigenvalue weighted by Crippen LogP contribution is 1.96. The van der Waals surface area contributed by atoms with Crippen LogP contribution in [0.4, 0.5) is 4.79 Å². The number of nitrogens with zero attached hydrogens (tertiary/aromatic N) is 1. The maximum Gasteiger partial charge on any atom is 0.326 e. The smallest absolute Gasteiger partial charge is 0.326 e. The Balaban J connectivity index is 4.44. The van der Waals surface area contributed by atoms with Crippen molar-refractivity contribution < 1.29 is 24.6 Å². The molecule has 1 unspecified atom stereocenters. The van der Waals surface area contributed by atoms with E-state index in [-0.39, 0.29) is 18.9 Å². The van der Waals surface area contributed by atoms with E-state index in [1.54, 1.807) is 4.90 Å². The Morgan fingerprint density at radius 2 is 1.70 bits per heavy atom. The summed E-state index contributed by atoms with van der Waals surface area (Å²) in [5, 5.41) is 22.1. The standard InChI is InChI=1S/C12H23N3O5/c1-4-15(5-2)10(17)8(3)13-12(20)14-9(6-7-16)11(18)19/h8-9,16H,4-7H2,1-3H3,(H,18,19)(H2,13,14,20)/t8?,9-/m0/s1. The van der Waals surface area contributed by atoms with Crippen molar-refractivity contribution in [2.24, 2.45) is 0 Å². The molecule has 0 fully saturated rings. The lowest BCUT2D eigenvalue weighted by atomic mass is 10.2. The minimum absolute atomic E-state index is 0.0961. The van der Waals surface area contributed by atoms with Crippen molar-refractivity contribution in [1.29, 1.82) is 0 Å². The third kappa shape index (κ3) is 5.87. The third-order valence-electron chi connectivity index (χ3n) is 2.81. The van der Waals surface area contributed by atoms with Gasteiger partial charge in [0.25, 0.3) is 0 Å². The van der Waals surface area contributed by atoms with Crippen LogP contribution in [0.15, 0.2) is 0 Å². The van der Waals surface area contributed by atoms with Crippen molar-refractivity contribution in [2.75, 3.05) is 19.7 Å². The van der Waals surface area contributed by atoms with E-state index in [1.807, 2.05) is 13.8 Å². The molecule has 0 saturated heterocycles. The Hall–Kier alpha value is -1.83. The fourth-order valence-electron chi connectivity index (χ4n) is 1.65. The largest absolute Gasteiger partial charge is 0.480 e. The van der Waals surface area contributed by atoms with Crippen molar-refractivity contribution >= 4 is 17.9 Å². The van der Waals surface area contributed by atoms with Gasteiger partial charge in [0.15, 0.2) is 0 Å². The van der Waals surface area contributed by atoms with Crippen LogP contribution in [0.2, 0.25) is 0 Å². The van der Waals surface area contributed by atoms with Gasteiger partial charge in [-0.05, 0) is 20.8 Å². The van der Waals surface area contributed by atoms with Crippen LogP contribution >= 0.6 is 0 Å². The first-order valence-electron chi connectivity index (χ1n) is 6.56. The molecule has 116 valence electrons. The second kappa shape index (κ2) is 9.13. The molecular weight excluding hydrogens is 266 g/mol. The second-order valence-corrected chi connectivity index (χ2v) is 4.25. The molecule has 0 heterocycles. The maximum atomic E-state index is 11.9. The monoisotopic (exact) mass is 289 g/mol. The zero-order valence-electron chi connectivity index (χ0n) is 12.0. The number of hydrogen-bond acceptors (Lipinski definition) is 4. The lowest BCUT2D eigenvalue weighted by Gasteiger charge is -2.24. The van der Waals surface area contributed by atoms with Gasteiger partial charge >= 0.3 is 12.0 Å². The molecule has 8 nitrogen and oxygen atoms in total. The number of urea groups is 1. The van der Waals surface area contributed by atoms with Crippen LogP contribution in [0.25, 0.3) is 0 Å². The van der Waals surface area contributed by atoms with Gasteiger partial charge in [-0.3, -0.25) is 4.79 Å². The lowest BCUT2D eigenvalue weighted by Crippen LogP contribution is -2.53. The molecule has 8 heteroatoms. The molecule has 0 aliphatic heterocycles. The molecule has 0 bridgehead atoms. The van der Waals surface area contributed by atoms with Gasteiger partial charge in [0.05, 0.1) is 0 Å². The number of carbonyl (C=O) groups excluding carboxylic acids is 2. The molecule has 3 amide bonds. The molecule has 0 aromatic rings. The summed E-state index contributed by atoms with van der Waals surface area (Å²) in [7, 11) is 0. The van der Waals surface area contributed by atoms with Crippen molar-refractivity contribution in [2.45, 2.75) is 39.3 Å². The third-order valence-corrected chi connectivity index (χ3v) is 2.81. The van der Waals surface area contributed by atoms with Crippen molar-refractivity contribution in [1.82, 2.24) is 15.5 Å². The number of hydrogen-bond donors (Lipinski definition) is 4. The predicted octanol–water partition coefficient (Wildman–Crippen LogP) is -0.622. The van der Waals surface area contributed by atoms with Crippen LogP contribution in [-0.2, 0) is 9.59 Å². The first-order valence-corrected chi connectivity index (χ1v) is 6.56. The molecule has 0 saturated carbocycles. The van der Waals surface area contributed by atoms with Crippen LogP contribution in [-0.4, -0.2) is 64.8 Å². The van der Waals surface area contributed by atoms with Crippen LogP contribution < -0.4 is 10.6 Å². The van der Waals surface area contributed by atoms with Gasteiger partial charge < -0.3 is 25.7 Å². The van der Waals surface area contributed by atoms with E-state index in [0.717, 1.165) is 0 Å². The van der Waals surface area contributed by atoms with Crippen molar-refractivity contribution in [3.63, 3.8) is 0 Å². The van der Waals surface area contributed by atoms with Crippen molar-refractivity contribution in [3.05, 3.63) is 0 Å². The molecule has 0 aliphatic carbocycles. The van der Waals surface area contributed by atoms with Gasteiger partial charge in [-0.15, -0.1) is 0 Å². The van der Waals surface area contributed by atoms with Crippen LogP contribution in [0, 0.1) is 0 Å².